The zero-order valence-electron chi connectivity index (χ0n) is 12.7. The van der Waals surface area contributed by atoms with Crippen LogP contribution in [0.3, 0.4) is 0 Å². The number of nitrogens with zero attached hydrogens (tertiary/aromatic N) is 1. The highest BCUT2D eigenvalue weighted by atomic mass is 35.5. The molecule has 0 saturated carbocycles. The largest absolute Gasteiger partial charge is 0.342 e. The number of amides is 1. The van der Waals surface area contributed by atoms with Crippen molar-refractivity contribution in [2.75, 3.05) is 0 Å². The summed E-state index contributed by atoms with van der Waals surface area (Å²) in [6.07, 6.45) is 3.21. The molecular formula is C19H15ClN2OS. The van der Waals surface area contributed by atoms with Crippen LogP contribution in [0, 0.1) is 0 Å². The van der Waals surface area contributed by atoms with Crippen LogP contribution in [-0.2, 0) is 4.79 Å². The first kappa shape index (κ1) is 16.4. The van der Waals surface area contributed by atoms with Crippen LogP contribution in [-0.4, -0.2) is 10.9 Å². The van der Waals surface area contributed by atoms with Crippen molar-refractivity contribution >= 4 is 34.9 Å². The average molecular weight is 355 g/mol. The summed E-state index contributed by atoms with van der Waals surface area (Å²) in [6.45, 7) is 0. The summed E-state index contributed by atoms with van der Waals surface area (Å²) in [7, 11) is 0. The van der Waals surface area contributed by atoms with Crippen LogP contribution in [0.1, 0.15) is 22.9 Å². The molecule has 3 nitrogen and oxygen atoms in total. The van der Waals surface area contributed by atoms with Gasteiger partial charge in [-0.2, -0.15) is 0 Å². The van der Waals surface area contributed by atoms with Gasteiger partial charge in [0.2, 0.25) is 5.91 Å². The minimum atomic E-state index is -0.240. The summed E-state index contributed by atoms with van der Waals surface area (Å²) in [5.74, 6) is -0.174. The Morgan fingerprint density at radius 1 is 1.08 bits per heavy atom. The third kappa shape index (κ3) is 4.31. The molecule has 3 rings (SSSR count). The van der Waals surface area contributed by atoms with E-state index in [1.54, 1.807) is 11.6 Å². The van der Waals surface area contributed by atoms with Gasteiger partial charge < -0.3 is 5.32 Å². The lowest BCUT2D eigenvalue weighted by molar-refractivity contribution is -0.116. The molecule has 1 aromatic heterocycles. The van der Waals surface area contributed by atoms with Crippen molar-refractivity contribution in [2.24, 2.45) is 0 Å². The summed E-state index contributed by atoms with van der Waals surface area (Å²) in [5.41, 5.74) is 4.49. The number of thiazole rings is 1. The van der Waals surface area contributed by atoms with Crippen LogP contribution in [0.25, 0.3) is 6.08 Å². The molecule has 0 saturated heterocycles. The molecule has 0 spiro atoms. The van der Waals surface area contributed by atoms with E-state index in [-0.39, 0.29) is 11.9 Å². The third-order valence-corrected chi connectivity index (χ3v) is 4.34. The molecule has 1 amide bonds. The molecule has 2 aromatic carbocycles. The number of halogens is 1. The second-order valence-corrected chi connectivity index (χ2v) is 6.31. The van der Waals surface area contributed by atoms with Gasteiger partial charge in [0.25, 0.3) is 0 Å². The van der Waals surface area contributed by atoms with Crippen molar-refractivity contribution in [3.63, 3.8) is 0 Å². The van der Waals surface area contributed by atoms with Gasteiger partial charge in [0.1, 0.15) is 0 Å². The molecule has 0 aliphatic rings. The highest BCUT2D eigenvalue weighted by Gasteiger charge is 2.15. The predicted molar refractivity (Wildman–Crippen MR) is 99.0 cm³/mol. The molecule has 1 N–H and O–H groups in total. The van der Waals surface area contributed by atoms with E-state index < -0.39 is 0 Å². The summed E-state index contributed by atoms with van der Waals surface area (Å²) in [6, 6.07) is 17.1. The first-order valence-electron chi connectivity index (χ1n) is 7.39. The maximum Gasteiger partial charge on any atom is 0.244 e. The van der Waals surface area contributed by atoms with E-state index in [2.05, 4.69) is 10.3 Å². The van der Waals surface area contributed by atoms with Gasteiger partial charge in [-0.3, -0.25) is 4.79 Å². The summed E-state index contributed by atoms with van der Waals surface area (Å²) in [5, 5.41) is 5.59. The Balaban J connectivity index is 1.82. The topological polar surface area (TPSA) is 42.0 Å². The number of hydrogen-bond donors (Lipinski definition) is 1. The molecule has 3 aromatic rings. The van der Waals surface area contributed by atoms with Gasteiger partial charge in [-0.15, -0.1) is 11.3 Å². The third-order valence-electron chi connectivity index (χ3n) is 3.48. The number of nitrogens with one attached hydrogen (secondary N) is 1. The number of benzene rings is 2. The van der Waals surface area contributed by atoms with Gasteiger partial charge in [-0.05, 0) is 29.3 Å². The van der Waals surface area contributed by atoms with Crippen molar-refractivity contribution in [1.29, 1.82) is 0 Å². The molecule has 24 heavy (non-hydrogen) atoms. The normalized spacial score (nSPS) is 12.2. The van der Waals surface area contributed by atoms with E-state index in [1.165, 1.54) is 17.4 Å². The van der Waals surface area contributed by atoms with E-state index in [4.69, 9.17) is 11.6 Å². The van der Waals surface area contributed by atoms with Gasteiger partial charge >= 0.3 is 0 Å². The highest BCUT2D eigenvalue weighted by molar-refractivity contribution is 7.07. The van der Waals surface area contributed by atoms with E-state index in [9.17, 15) is 4.79 Å². The number of rotatable bonds is 5. The van der Waals surface area contributed by atoms with Crippen molar-refractivity contribution in [1.82, 2.24) is 10.3 Å². The van der Waals surface area contributed by atoms with E-state index >= 15 is 0 Å². The molecule has 0 fully saturated rings. The fourth-order valence-corrected chi connectivity index (χ4v) is 2.96. The molecule has 5 heteroatoms. The minimum Gasteiger partial charge on any atom is -0.342 e. The van der Waals surface area contributed by atoms with Crippen molar-refractivity contribution in [2.45, 2.75) is 6.04 Å². The van der Waals surface area contributed by atoms with E-state index in [0.29, 0.717) is 5.02 Å². The maximum atomic E-state index is 12.3. The minimum absolute atomic E-state index is 0.174. The smallest absolute Gasteiger partial charge is 0.244 e. The molecule has 0 bridgehead atoms. The second-order valence-electron chi connectivity index (χ2n) is 5.15. The van der Waals surface area contributed by atoms with Gasteiger partial charge in [-0.25, -0.2) is 4.98 Å². The van der Waals surface area contributed by atoms with E-state index in [0.717, 1.165) is 16.8 Å². The number of hydrogen-bond acceptors (Lipinski definition) is 3. The summed E-state index contributed by atoms with van der Waals surface area (Å²) < 4.78 is 0. The quantitative estimate of drug-likeness (QED) is 0.674. The molecule has 1 heterocycles. The Morgan fingerprint density at radius 2 is 1.79 bits per heavy atom. The van der Waals surface area contributed by atoms with Crippen LogP contribution in [0.15, 0.2) is 71.6 Å². The Morgan fingerprint density at radius 3 is 2.46 bits per heavy atom. The number of carbonyl (C=O) groups is 1. The van der Waals surface area contributed by atoms with Gasteiger partial charge in [0, 0.05) is 16.5 Å². The van der Waals surface area contributed by atoms with Crippen LogP contribution in [0.4, 0.5) is 0 Å². The molecule has 1 atom stereocenters. The Kier molecular flexibility index (Phi) is 5.41. The lowest BCUT2D eigenvalue weighted by Gasteiger charge is -2.19. The van der Waals surface area contributed by atoms with Gasteiger partial charge in [0.15, 0.2) is 0 Å². The zero-order chi connectivity index (χ0) is 16.8. The van der Waals surface area contributed by atoms with Gasteiger partial charge in [0.05, 0.1) is 17.2 Å². The second kappa shape index (κ2) is 7.90. The van der Waals surface area contributed by atoms with Crippen molar-refractivity contribution in [3.05, 3.63) is 93.4 Å². The Labute approximate surface area is 149 Å². The van der Waals surface area contributed by atoms with Crippen LogP contribution < -0.4 is 5.32 Å². The van der Waals surface area contributed by atoms with Crippen LogP contribution in [0.2, 0.25) is 5.02 Å². The van der Waals surface area contributed by atoms with Crippen LogP contribution >= 0.6 is 22.9 Å². The van der Waals surface area contributed by atoms with Crippen molar-refractivity contribution < 1.29 is 4.79 Å². The molecule has 120 valence electrons. The molecular weight excluding hydrogens is 340 g/mol. The molecule has 0 unspecified atom stereocenters. The lowest BCUT2D eigenvalue weighted by Crippen LogP contribution is -2.27. The first-order chi connectivity index (χ1) is 11.7. The predicted octanol–water partition coefficient (Wildman–Crippen LogP) is 4.72. The first-order valence-corrected chi connectivity index (χ1v) is 8.71. The van der Waals surface area contributed by atoms with Gasteiger partial charge in [-0.1, -0.05) is 54.1 Å². The maximum absolute atomic E-state index is 12.3. The fourth-order valence-electron chi connectivity index (χ4n) is 2.32. The monoisotopic (exact) mass is 354 g/mol. The number of aromatic nitrogens is 1. The zero-order valence-corrected chi connectivity index (χ0v) is 14.3. The lowest BCUT2D eigenvalue weighted by atomic mass is 9.98. The number of carbonyl (C=O) groups excluding carboxylic acids is 1. The van der Waals surface area contributed by atoms with Crippen molar-refractivity contribution in [3.8, 4) is 0 Å². The highest BCUT2D eigenvalue weighted by Crippen LogP contribution is 2.23. The van der Waals surface area contributed by atoms with Crippen LogP contribution in [0.5, 0.6) is 0 Å². The summed E-state index contributed by atoms with van der Waals surface area (Å²) in [4.78, 5) is 16.4. The average Bonchev–Trinajstić information content (AvgIpc) is 3.13. The standard InChI is InChI=1S/C19H15ClN2OS/c20-16-8-6-15(7-9-16)19(14-4-2-1-3-5-14)22-18(23)11-10-17-12-24-13-21-17/h1-13,19H,(H,22,23)/b11-10+/t19-/m1/s1. The molecule has 0 aliphatic heterocycles. The summed E-state index contributed by atoms with van der Waals surface area (Å²) >= 11 is 7.46. The SMILES string of the molecule is O=C(/C=C/c1cscn1)N[C@H](c1ccccc1)c1ccc(Cl)cc1. The molecule has 0 aliphatic carbocycles. The fraction of sp³-hybridized carbons (Fsp3) is 0.0526. The Hall–Kier alpha value is -2.43. The van der Waals surface area contributed by atoms with E-state index in [1.807, 2.05) is 60.0 Å². The Bertz CT molecular complexity index is 814. The molecule has 0 radical (unpaired) electrons.